The first-order valence-electron chi connectivity index (χ1n) is 20.5. The molecule has 0 unspecified atom stereocenters. The lowest BCUT2D eigenvalue weighted by atomic mass is 9.73. The van der Waals surface area contributed by atoms with Crippen LogP contribution >= 0.6 is 0 Å². The number of alkyl halides is 1. The van der Waals surface area contributed by atoms with Crippen molar-refractivity contribution in [2.45, 2.75) is 115 Å². The van der Waals surface area contributed by atoms with Crippen LogP contribution in [0.2, 0.25) is 0 Å². The average Bonchev–Trinajstić information content (AvgIpc) is 3.69. The van der Waals surface area contributed by atoms with Crippen molar-refractivity contribution in [3.63, 3.8) is 0 Å². The first-order chi connectivity index (χ1) is 27.2. The van der Waals surface area contributed by atoms with E-state index in [-0.39, 0.29) is 36.0 Å². The minimum absolute atomic E-state index is 0.00907. The van der Waals surface area contributed by atoms with Crippen LogP contribution in [0.5, 0.6) is 0 Å². The molecule has 1 saturated carbocycles. The topological polar surface area (TPSA) is 125 Å². The van der Waals surface area contributed by atoms with Gasteiger partial charge in [-0.05, 0) is 122 Å². The minimum Gasteiger partial charge on any atom is -0.444 e. The van der Waals surface area contributed by atoms with Crippen LogP contribution in [0.15, 0.2) is 48.8 Å². The third kappa shape index (κ3) is 7.12. The summed E-state index contributed by atoms with van der Waals surface area (Å²) in [5, 5.41) is 6.24. The van der Waals surface area contributed by atoms with Gasteiger partial charge in [-0.3, -0.25) is 14.5 Å². The summed E-state index contributed by atoms with van der Waals surface area (Å²) in [6.45, 7) is 13.9. The Morgan fingerprint density at radius 3 is 2.46 bits per heavy atom. The number of imidazole rings is 1. The SMILES string of the molecule is CNC(=O)c1cc(Nc2nc(-c3ccc4c(c3)N(C3CC(N5CCC[C@@H](F)C5)C3)C(=O)C43CCN(C(=O)OC(C)(C)C)CC3)cc3ncn(C(C)C)c23)ccc1C. The van der Waals surface area contributed by atoms with Crippen molar-refractivity contribution in [1.82, 2.24) is 29.7 Å². The number of ether oxygens (including phenoxy) is 1. The number of amides is 3. The second-order valence-corrected chi connectivity index (χ2v) is 17.7. The molecule has 5 heterocycles. The Labute approximate surface area is 334 Å². The number of rotatable bonds is 7. The standard InChI is InChI=1S/C44H55FN8O4/c1-26(2)52-25-47-36-23-35(49-39(38(36)52)48-30-12-10-27(3)33(20-30)40(54)46-7)28-11-13-34-37(19-28)53(32-21-31(22-32)51-16-8-9-29(45)24-51)41(55)44(34)14-17-50(18-15-44)42(56)57-43(4,5)6/h10-13,19-20,23,25-26,29,31-32H,8-9,14-18,21-22,24H2,1-7H3,(H,46,54)(H,48,49)/t29-,31?,32?/m1/s1. The summed E-state index contributed by atoms with van der Waals surface area (Å²) in [4.78, 5) is 56.7. The predicted octanol–water partition coefficient (Wildman–Crippen LogP) is 7.67. The van der Waals surface area contributed by atoms with E-state index in [4.69, 9.17) is 14.7 Å². The van der Waals surface area contributed by atoms with Crippen LogP contribution < -0.4 is 15.5 Å². The fraction of sp³-hybridized carbons (Fsp3) is 0.523. The molecule has 0 bridgehead atoms. The lowest BCUT2D eigenvalue weighted by Crippen LogP contribution is -2.59. The quantitative estimate of drug-likeness (QED) is 0.196. The number of carbonyl (C=O) groups excluding carboxylic acids is 3. The molecule has 1 aliphatic carbocycles. The summed E-state index contributed by atoms with van der Waals surface area (Å²) >= 11 is 0. The highest BCUT2D eigenvalue weighted by atomic mass is 19.1. The van der Waals surface area contributed by atoms with Crippen LogP contribution in [0.25, 0.3) is 22.3 Å². The second kappa shape index (κ2) is 14.7. The van der Waals surface area contributed by atoms with Crippen LogP contribution in [0.1, 0.15) is 101 Å². The molecule has 2 aromatic carbocycles. The van der Waals surface area contributed by atoms with E-state index in [1.54, 1.807) is 11.9 Å². The van der Waals surface area contributed by atoms with E-state index >= 15 is 0 Å². The van der Waals surface area contributed by atoms with Crippen molar-refractivity contribution in [3.8, 4) is 11.3 Å². The summed E-state index contributed by atoms with van der Waals surface area (Å²) < 4.78 is 22.2. The summed E-state index contributed by atoms with van der Waals surface area (Å²) in [5.41, 5.74) is 5.81. The molecule has 4 aromatic rings. The lowest BCUT2D eigenvalue weighted by molar-refractivity contribution is -0.126. The third-order valence-corrected chi connectivity index (χ3v) is 12.4. The Morgan fingerprint density at radius 2 is 1.77 bits per heavy atom. The van der Waals surface area contributed by atoms with Gasteiger partial charge in [0.2, 0.25) is 5.91 Å². The molecule has 4 aliphatic rings. The molecular weight excluding hydrogens is 724 g/mol. The number of pyridine rings is 1. The molecule has 8 rings (SSSR count). The molecule has 57 heavy (non-hydrogen) atoms. The maximum absolute atomic E-state index is 14.9. The van der Waals surface area contributed by atoms with Crippen molar-refractivity contribution in [2.24, 2.45) is 0 Å². The van der Waals surface area contributed by atoms with Gasteiger partial charge in [-0.1, -0.05) is 18.2 Å². The summed E-state index contributed by atoms with van der Waals surface area (Å²) in [7, 11) is 1.62. The van der Waals surface area contributed by atoms with Crippen molar-refractivity contribution < 1.29 is 23.5 Å². The first kappa shape index (κ1) is 38.8. The minimum atomic E-state index is -0.798. The van der Waals surface area contributed by atoms with Gasteiger partial charge in [0.1, 0.15) is 17.3 Å². The molecule has 13 heteroatoms. The van der Waals surface area contributed by atoms with E-state index < -0.39 is 17.2 Å². The molecule has 2 saturated heterocycles. The molecular formula is C44H55FN8O4. The number of hydrogen-bond acceptors (Lipinski definition) is 8. The number of anilines is 3. The Bertz CT molecular complexity index is 2220. The van der Waals surface area contributed by atoms with E-state index in [1.807, 2.05) is 69.3 Å². The molecule has 12 nitrogen and oxygen atoms in total. The number of likely N-dealkylation sites (tertiary alicyclic amines) is 2. The van der Waals surface area contributed by atoms with Crippen molar-refractivity contribution >= 4 is 46.1 Å². The summed E-state index contributed by atoms with van der Waals surface area (Å²) in [6, 6.07) is 14.3. The molecule has 1 spiro atoms. The number of fused-ring (bicyclic) bond motifs is 3. The van der Waals surface area contributed by atoms with Gasteiger partial charge in [0, 0.05) is 67.3 Å². The normalized spacial score (nSPS) is 22.2. The number of carbonyl (C=O) groups is 3. The summed E-state index contributed by atoms with van der Waals surface area (Å²) in [5.74, 6) is 0.520. The summed E-state index contributed by atoms with van der Waals surface area (Å²) in [6.07, 6.45) is 4.74. The van der Waals surface area contributed by atoms with E-state index in [0.29, 0.717) is 56.0 Å². The number of halogens is 1. The van der Waals surface area contributed by atoms with Crippen LogP contribution in [0.3, 0.4) is 0 Å². The molecule has 2 aromatic heterocycles. The van der Waals surface area contributed by atoms with Gasteiger partial charge >= 0.3 is 6.09 Å². The maximum atomic E-state index is 14.9. The number of benzene rings is 2. The Morgan fingerprint density at radius 1 is 1.02 bits per heavy atom. The largest absolute Gasteiger partial charge is 0.444 e. The van der Waals surface area contributed by atoms with Gasteiger partial charge in [-0.15, -0.1) is 0 Å². The Kier molecular flexibility index (Phi) is 10.0. The average molecular weight is 779 g/mol. The monoisotopic (exact) mass is 778 g/mol. The zero-order chi connectivity index (χ0) is 40.4. The van der Waals surface area contributed by atoms with Gasteiger partial charge < -0.3 is 29.7 Å². The number of hydrogen-bond donors (Lipinski definition) is 2. The first-order valence-corrected chi connectivity index (χ1v) is 20.5. The molecule has 302 valence electrons. The van der Waals surface area contributed by atoms with Crippen molar-refractivity contribution in [2.75, 3.05) is 43.4 Å². The van der Waals surface area contributed by atoms with Crippen molar-refractivity contribution in [1.29, 1.82) is 0 Å². The van der Waals surface area contributed by atoms with Crippen LogP contribution in [0.4, 0.5) is 26.4 Å². The van der Waals surface area contributed by atoms with E-state index in [9.17, 15) is 18.8 Å². The zero-order valence-electron chi connectivity index (χ0n) is 34.2. The highest BCUT2D eigenvalue weighted by Crippen LogP contribution is 2.52. The third-order valence-electron chi connectivity index (χ3n) is 12.4. The smallest absolute Gasteiger partial charge is 0.410 e. The molecule has 3 fully saturated rings. The van der Waals surface area contributed by atoms with Gasteiger partial charge in [0.15, 0.2) is 5.82 Å². The van der Waals surface area contributed by atoms with E-state index in [1.165, 1.54) is 0 Å². The zero-order valence-corrected chi connectivity index (χ0v) is 34.2. The number of aryl methyl sites for hydroxylation is 1. The number of piperidine rings is 2. The fourth-order valence-electron chi connectivity index (χ4n) is 9.25. The van der Waals surface area contributed by atoms with Crippen molar-refractivity contribution in [3.05, 3.63) is 65.5 Å². The van der Waals surface area contributed by atoms with Gasteiger partial charge in [0.05, 0.1) is 23.0 Å². The molecule has 2 N–H and O–H groups in total. The number of nitrogens with zero attached hydrogens (tertiary/aromatic N) is 6. The lowest BCUT2D eigenvalue weighted by Gasteiger charge is -2.48. The van der Waals surface area contributed by atoms with Crippen LogP contribution in [-0.2, 0) is 14.9 Å². The van der Waals surface area contributed by atoms with Crippen LogP contribution in [-0.4, -0.2) is 99.3 Å². The number of aromatic nitrogens is 3. The molecule has 3 aliphatic heterocycles. The number of nitrogens with one attached hydrogen (secondary N) is 2. The highest BCUT2D eigenvalue weighted by molar-refractivity contribution is 6.09. The molecule has 1 atom stereocenters. The molecule has 0 radical (unpaired) electrons. The fourth-order valence-corrected chi connectivity index (χ4v) is 9.25. The van der Waals surface area contributed by atoms with Gasteiger partial charge in [-0.2, -0.15) is 0 Å². The maximum Gasteiger partial charge on any atom is 0.410 e. The van der Waals surface area contributed by atoms with E-state index in [0.717, 1.165) is 64.9 Å². The van der Waals surface area contributed by atoms with Gasteiger partial charge in [-0.25, -0.2) is 19.2 Å². The molecule has 3 amide bonds. The second-order valence-electron chi connectivity index (χ2n) is 17.7. The highest BCUT2D eigenvalue weighted by Gasteiger charge is 2.56. The van der Waals surface area contributed by atoms with Gasteiger partial charge in [0.25, 0.3) is 5.91 Å². The predicted molar refractivity (Wildman–Crippen MR) is 220 cm³/mol. The Balaban J connectivity index is 1.16. The van der Waals surface area contributed by atoms with Crippen LogP contribution in [0, 0.1) is 6.92 Å². The Hall–Kier alpha value is -5.04. The van der Waals surface area contributed by atoms with E-state index in [2.05, 4.69) is 46.1 Å².